The van der Waals surface area contributed by atoms with Gasteiger partial charge in [0.05, 0.1) is 29.7 Å². The second-order valence-corrected chi connectivity index (χ2v) is 10.9. The first kappa shape index (κ1) is 26.4. The molecule has 0 unspecified atom stereocenters. The van der Waals surface area contributed by atoms with Crippen LogP contribution in [-0.2, 0) is 26.2 Å². The van der Waals surface area contributed by atoms with Crippen LogP contribution < -0.4 is 19.9 Å². The molecule has 192 valence electrons. The largest absolute Gasteiger partial charge is 0.493 e. The van der Waals surface area contributed by atoms with E-state index in [9.17, 15) is 18.0 Å². The third-order valence-electron chi connectivity index (χ3n) is 5.08. The number of nitrogens with zero attached hydrogens (tertiary/aromatic N) is 1. The fourth-order valence-electron chi connectivity index (χ4n) is 3.31. The number of rotatable bonds is 9. The molecule has 0 radical (unpaired) electrons. The predicted molar refractivity (Wildman–Crippen MR) is 142 cm³/mol. The number of nitrogens with two attached hydrogens (primary N) is 1. The van der Waals surface area contributed by atoms with Gasteiger partial charge in [-0.25, -0.2) is 13.6 Å². The van der Waals surface area contributed by atoms with Crippen LogP contribution in [0.25, 0.3) is 6.08 Å². The molecular formula is C24H21N3O7S3. The molecule has 3 aromatic rings. The van der Waals surface area contributed by atoms with Crippen LogP contribution in [0.1, 0.15) is 11.3 Å². The summed E-state index contributed by atoms with van der Waals surface area (Å²) in [5.74, 6) is 0.634. The average Bonchev–Trinajstić information content (AvgIpc) is 3.47. The van der Waals surface area contributed by atoms with Gasteiger partial charge in [-0.1, -0.05) is 30.0 Å². The zero-order chi connectivity index (χ0) is 26.6. The number of benzene rings is 2. The number of ether oxygens (including phenoxy) is 2. The number of furan rings is 1. The molecule has 1 fully saturated rings. The summed E-state index contributed by atoms with van der Waals surface area (Å²) in [6.07, 6.45) is 3.24. The normalized spacial score (nSPS) is 14.8. The van der Waals surface area contributed by atoms with Gasteiger partial charge in [0.2, 0.25) is 10.0 Å². The van der Waals surface area contributed by atoms with Crippen molar-refractivity contribution in [2.24, 2.45) is 5.14 Å². The van der Waals surface area contributed by atoms with Gasteiger partial charge in [0.15, 0.2) is 18.1 Å². The SMILES string of the molecule is COc1cc(C=C2SC(=S)N(Cc3ccco3)C2=O)ccc1OCC(=O)Nc1ccc(S(N)(=O)=O)cc1. The Balaban J connectivity index is 1.39. The fourth-order valence-corrected chi connectivity index (χ4v) is 5.08. The van der Waals surface area contributed by atoms with E-state index in [1.165, 1.54) is 54.3 Å². The van der Waals surface area contributed by atoms with Crippen LogP contribution in [0.4, 0.5) is 5.69 Å². The number of hydrogen-bond donors (Lipinski definition) is 2. The third-order valence-corrected chi connectivity index (χ3v) is 7.39. The highest BCUT2D eigenvalue weighted by Crippen LogP contribution is 2.35. The molecule has 0 atom stereocenters. The summed E-state index contributed by atoms with van der Waals surface area (Å²) in [6, 6.07) is 14.0. The van der Waals surface area contributed by atoms with E-state index in [-0.39, 0.29) is 24.0 Å². The van der Waals surface area contributed by atoms with E-state index in [0.717, 1.165) is 0 Å². The van der Waals surface area contributed by atoms with Crippen LogP contribution >= 0.6 is 24.0 Å². The van der Waals surface area contributed by atoms with E-state index in [1.54, 1.807) is 36.4 Å². The molecule has 1 aliphatic heterocycles. The van der Waals surface area contributed by atoms with Gasteiger partial charge in [0.1, 0.15) is 10.1 Å². The number of carbonyl (C=O) groups excluding carboxylic acids is 2. The maximum absolute atomic E-state index is 12.8. The zero-order valence-corrected chi connectivity index (χ0v) is 21.8. The van der Waals surface area contributed by atoms with Gasteiger partial charge < -0.3 is 19.2 Å². The van der Waals surface area contributed by atoms with Crippen LogP contribution in [0.15, 0.2) is 75.1 Å². The molecule has 10 nitrogen and oxygen atoms in total. The Kier molecular flexibility index (Phi) is 7.97. The van der Waals surface area contributed by atoms with Crippen molar-refractivity contribution < 1.29 is 31.9 Å². The van der Waals surface area contributed by atoms with E-state index in [0.29, 0.717) is 37.7 Å². The lowest BCUT2D eigenvalue weighted by Gasteiger charge is -2.12. The molecule has 1 aromatic heterocycles. The molecule has 1 saturated heterocycles. The van der Waals surface area contributed by atoms with Crippen molar-refractivity contribution in [3.8, 4) is 11.5 Å². The number of thiocarbonyl (C=S) groups is 1. The van der Waals surface area contributed by atoms with Crippen LogP contribution in [0.3, 0.4) is 0 Å². The van der Waals surface area contributed by atoms with Crippen molar-refractivity contribution in [1.29, 1.82) is 0 Å². The Morgan fingerprint density at radius 3 is 2.59 bits per heavy atom. The molecule has 0 bridgehead atoms. The first-order valence-corrected chi connectivity index (χ1v) is 13.4. The number of nitrogens with one attached hydrogen (secondary N) is 1. The minimum Gasteiger partial charge on any atom is -0.493 e. The van der Waals surface area contributed by atoms with Crippen molar-refractivity contribution in [2.75, 3.05) is 19.0 Å². The summed E-state index contributed by atoms with van der Waals surface area (Å²) in [6.45, 7) is -0.0679. The number of carbonyl (C=O) groups is 2. The molecule has 0 saturated carbocycles. The lowest BCUT2D eigenvalue weighted by Crippen LogP contribution is -2.27. The van der Waals surface area contributed by atoms with Gasteiger partial charge in [0.25, 0.3) is 11.8 Å². The Morgan fingerprint density at radius 1 is 1.19 bits per heavy atom. The number of sulfonamides is 1. The molecular weight excluding hydrogens is 538 g/mol. The quantitative estimate of drug-likeness (QED) is 0.298. The number of thioether (sulfide) groups is 1. The summed E-state index contributed by atoms with van der Waals surface area (Å²) in [5.41, 5.74) is 1.06. The summed E-state index contributed by atoms with van der Waals surface area (Å²) < 4.78 is 39.4. The molecule has 37 heavy (non-hydrogen) atoms. The second-order valence-electron chi connectivity index (χ2n) is 7.66. The van der Waals surface area contributed by atoms with Crippen LogP contribution in [-0.4, -0.2) is 43.2 Å². The Labute approximate surface area is 222 Å². The predicted octanol–water partition coefficient (Wildman–Crippen LogP) is 3.35. The molecule has 1 aliphatic rings. The van der Waals surface area contributed by atoms with E-state index < -0.39 is 15.9 Å². The van der Waals surface area contributed by atoms with Crippen molar-refractivity contribution in [3.05, 3.63) is 77.1 Å². The van der Waals surface area contributed by atoms with Crippen LogP contribution in [0.2, 0.25) is 0 Å². The number of anilines is 1. The maximum Gasteiger partial charge on any atom is 0.266 e. The number of methoxy groups -OCH3 is 1. The Hall–Kier alpha value is -3.65. The lowest BCUT2D eigenvalue weighted by atomic mass is 10.2. The molecule has 2 amide bonds. The van der Waals surface area contributed by atoms with E-state index in [4.69, 9.17) is 31.2 Å². The average molecular weight is 560 g/mol. The lowest BCUT2D eigenvalue weighted by molar-refractivity contribution is -0.122. The van der Waals surface area contributed by atoms with Gasteiger partial charge in [-0.2, -0.15) is 0 Å². The summed E-state index contributed by atoms with van der Waals surface area (Å²) >= 11 is 6.55. The molecule has 4 rings (SSSR count). The molecule has 0 aliphatic carbocycles. The highest BCUT2D eigenvalue weighted by molar-refractivity contribution is 8.26. The monoisotopic (exact) mass is 559 g/mol. The highest BCUT2D eigenvalue weighted by Gasteiger charge is 2.32. The van der Waals surface area contributed by atoms with Crippen molar-refractivity contribution in [3.63, 3.8) is 0 Å². The molecule has 2 aromatic carbocycles. The minimum atomic E-state index is -3.82. The number of hydrogen-bond acceptors (Lipinski definition) is 9. The van der Waals surface area contributed by atoms with Crippen LogP contribution in [0.5, 0.6) is 11.5 Å². The van der Waals surface area contributed by atoms with Crippen LogP contribution in [0, 0.1) is 0 Å². The summed E-state index contributed by atoms with van der Waals surface area (Å²) in [5, 5.41) is 7.67. The first-order chi connectivity index (χ1) is 17.6. The van der Waals surface area contributed by atoms with E-state index in [1.807, 2.05) is 0 Å². The van der Waals surface area contributed by atoms with Crippen molar-refractivity contribution >= 4 is 61.9 Å². The smallest absolute Gasteiger partial charge is 0.266 e. The topological polar surface area (TPSA) is 141 Å². The third kappa shape index (κ3) is 6.57. The fraction of sp³-hybridized carbons (Fsp3) is 0.125. The van der Waals surface area contributed by atoms with Gasteiger partial charge in [-0.3, -0.25) is 14.5 Å². The first-order valence-electron chi connectivity index (χ1n) is 10.7. The van der Waals surface area contributed by atoms with Gasteiger partial charge in [0, 0.05) is 5.69 Å². The second kappa shape index (κ2) is 11.2. The minimum absolute atomic E-state index is 0.0636. The zero-order valence-electron chi connectivity index (χ0n) is 19.4. The molecule has 13 heteroatoms. The number of primary sulfonamides is 1. The van der Waals surface area contributed by atoms with Crippen molar-refractivity contribution in [2.45, 2.75) is 11.4 Å². The molecule has 2 heterocycles. The molecule has 3 N–H and O–H groups in total. The Morgan fingerprint density at radius 2 is 1.95 bits per heavy atom. The summed E-state index contributed by atoms with van der Waals surface area (Å²) in [4.78, 5) is 27.0. The number of amides is 2. The standard InChI is InChI=1S/C24H21N3O7S3/c1-32-20-11-15(12-21-23(29)27(24(35)36-21)13-17-3-2-10-33-17)4-9-19(20)34-14-22(28)26-16-5-7-18(8-6-16)37(25,30)31/h2-12H,13-14H2,1H3,(H,26,28)(H2,25,30,31). The maximum atomic E-state index is 12.8. The van der Waals surface area contributed by atoms with E-state index in [2.05, 4.69) is 5.32 Å². The van der Waals surface area contributed by atoms with Gasteiger partial charge in [-0.05, 0) is 60.2 Å². The van der Waals surface area contributed by atoms with E-state index >= 15 is 0 Å². The van der Waals surface area contributed by atoms with Gasteiger partial charge >= 0.3 is 0 Å². The summed E-state index contributed by atoms with van der Waals surface area (Å²) in [7, 11) is -2.36. The Bertz CT molecular complexity index is 1470. The van der Waals surface area contributed by atoms with Crippen molar-refractivity contribution in [1.82, 2.24) is 4.90 Å². The van der Waals surface area contributed by atoms with Gasteiger partial charge in [-0.15, -0.1) is 0 Å². The molecule has 0 spiro atoms. The highest BCUT2D eigenvalue weighted by atomic mass is 32.2.